The molecule has 3 heterocycles. The van der Waals surface area contributed by atoms with E-state index in [1.54, 1.807) is 18.5 Å². The zero-order chi connectivity index (χ0) is 24.2. The second-order valence-corrected chi connectivity index (χ2v) is 9.20. The van der Waals surface area contributed by atoms with Crippen LogP contribution in [0.4, 0.5) is 11.6 Å². The number of nitrogens with zero attached hydrogens (tertiary/aromatic N) is 5. The van der Waals surface area contributed by atoms with E-state index in [1.807, 2.05) is 16.7 Å². The van der Waals surface area contributed by atoms with E-state index in [-0.39, 0.29) is 28.5 Å². The molecule has 0 spiro atoms. The summed E-state index contributed by atoms with van der Waals surface area (Å²) in [6, 6.07) is 4.57. The summed E-state index contributed by atoms with van der Waals surface area (Å²) in [5.74, 6) is 0.406. The Hall–Kier alpha value is -3.17. The molecule has 4 rings (SSSR count). The van der Waals surface area contributed by atoms with E-state index in [2.05, 4.69) is 26.8 Å². The van der Waals surface area contributed by atoms with Gasteiger partial charge in [-0.1, -0.05) is 18.2 Å². The highest BCUT2D eigenvalue weighted by Gasteiger charge is 2.31. The van der Waals surface area contributed by atoms with Gasteiger partial charge in [-0.25, -0.2) is 9.97 Å². The van der Waals surface area contributed by atoms with Gasteiger partial charge in [0, 0.05) is 56.4 Å². The van der Waals surface area contributed by atoms with E-state index in [0.29, 0.717) is 63.9 Å². The van der Waals surface area contributed by atoms with Crippen LogP contribution in [0.5, 0.6) is 5.75 Å². The number of amides is 2. The number of carbonyl (C=O) groups is 2. The minimum Gasteiger partial charge on any atom is -0.506 e. The summed E-state index contributed by atoms with van der Waals surface area (Å²) in [4.78, 5) is 40.3. The highest BCUT2D eigenvalue weighted by Crippen LogP contribution is 2.27. The summed E-state index contributed by atoms with van der Waals surface area (Å²) >= 11 is 5.91. The standard InChI is InChI=1S/C24H29ClN6O3/c1-16(2)18-12-26-24(27-13-18)31-9-7-30(8-10-31)22(33)15-29-6-5-17(14-29)23(34)28-19-3-4-21(32)20(25)11-19/h3-4,11-13,17,32H,1,5-10,14-15H2,2H3,(H,28,34)/t17-/m1/s1. The zero-order valence-electron chi connectivity index (χ0n) is 19.2. The smallest absolute Gasteiger partial charge is 0.236 e. The number of rotatable bonds is 6. The van der Waals surface area contributed by atoms with Gasteiger partial charge in [-0.15, -0.1) is 0 Å². The minimum absolute atomic E-state index is 0.0285. The molecule has 2 aliphatic rings. The number of aromatic nitrogens is 2. The maximum absolute atomic E-state index is 12.8. The van der Waals surface area contributed by atoms with Crippen LogP contribution in [0.2, 0.25) is 5.02 Å². The van der Waals surface area contributed by atoms with E-state index in [0.717, 1.165) is 11.1 Å². The number of halogens is 1. The maximum Gasteiger partial charge on any atom is 0.236 e. The molecule has 2 N–H and O–H groups in total. The van der Waals surface area contributed by atoms with Gasteiger partial charge in [-0.2, -0.15) is 0 Å². The molecular formula is C24H29ClN6O3. The van der Waals surface area contributed by atoms with Crippen LogP contribution >= 0.6 is 11.6 Å². The molecule has 1 aromatic heterocycles. The monoisotopic (exact) mass is 484 g/mol. The number of nitrogens with one attached hydrogen (secondary N) is 1. The lowest BCUT2D eigenvalue weighted by molar-refractivity contribution is -0.132. The van der Waals surface area contributed by atoms with Gasteiger partial charge in [0.15, 0.2) is 0 Å². The van der Waals surface area contributed by atoms with Crippen molar-refractivity contribution in [1.29, 1.82) is 0 Å². The average Bonchev–Trinajstić information content (AvgIpc) is 3.30. The van der Waals surface area contributed by atoms with Gasteiger partial charge in [0.05, 0.1) is 17.5 Å². The lowest BCUT2D eigenvalue weighted by Crippen LogP contribution is -2.51. The molecule has 1 aromatic carbocycles. The van der Waals surface area contributed by atoms with Crippen LogP contribution in [0.15, 0.2) is 37.2 Å². The van der Waals surface area contributed by atoms with Gasteiger partial charge in [-0.3, -0.25) is 14.5 Å². The highest BCUT2D eigenvalue weighted by molar-refractivity contribution is 6.32. The second kappa shape index (κ2) is 10.4. The van der Waals surface area contributed by atoms with E-state index in [1.165, 1.54) is 12.1 Å². The fourth-order valence-electron chi connectivity index (χ4n) is 4.17. The molecule has 0 bridgehead atoms. The number of aromatic hydroxyl groups is 1. The molecule has 180 valence electrons. The Labute approximate surface area is 204 Å². The Bertz CT molecular complexity index is 1070. The maximum atomic E-state index is 12.8. The molecule has 10 heteroatoms. The molecule has 2 aromatic rings. The molecule has 34 heavy (non-hydrogen) atoms. The van der Waals surface area contributed by atoms with Gasteiger partial charge in [-0.05, 0) is 43.7 Å². The molecule has 2 fully saturated rings. The van der Waals surface area contributed by atoms with Gasteiger partial charge in [0.2, 0.25) is 17.8 Å². The Kier molecular flexibility index (Phi) is 7.33. The number of benzene rings is 1. The SMILES string of the molecule is C=C(C)c1cnc(N2CCN(C(=O)CN3CC[C@@H](C(=O)Nc4ccc(O)c(Cl)c4)C3)CC2)nc1. The molecule has 0 unspecified atom stereocenters. The third kappa shape index (κ3) is 5.66. The molecule has 1 atom stereocenters. The van der Waals surface area contributed by atoms with Crippen molar-refractivity contribution in [1.82, 2.24) is 19.8 Å². The Morgan fingerprint density at radius 2 is 1.88 bits per heavy atom. The van der Waals surface area contributed by atoms with Crippen molar-refractivity contribution in [2.75, 3.05) is 56.0 Å². The van der Waals surface area contributed by atoms with Gasteiger partial charge >= 0.3 is 0 Å². The quantitative estimate of drug-likeness (QED) is 0.607. The van der Waals surface area contributed by atoms with Gasteiger partial charge < -0.3 is 20.2 Å². The van der Waals surface area contributed by atoms with E-state index in [9.17, 15) is 14.7 Å². The Morgan fingerprint density at radius 1 is 1.18 bits per heavy atom. The average molecular weight is 485 g/mol. The number of piperazine rings is 1. The summed E-state index contributed by atoms with van der Waals surface area (Å²) in [7, 11) is 0. The van der Waals surface area contributed by atoms with Crippen LogP contribution in [0.1, 0.15) is 18.9 Å². The lowest BCUT2D eigenvalue weighted by Gasteiger charge is -2.35. The van der Waals surface area contributed by atoms with Crippen molar-refractivity contribution in [2.24, 2.45) is 5.92 Å². The van der Waals surface area contributed by atoms with E-state index < -0.39 is 0 Å². The highest BCUT2D eigenvalue weighted by atomic mass is 35.5. The molecular weight excluding hydrogens is 456 g/mol. The molecule has 9 nitrogen and oxygen atoms in total. The zero-order valence-corrected chi connectivity index (χ0v) is 20.0. The first-order valence-electron chi connectivity index (χ1n) is 11.3. The number of allylic oxidation sites excluding steroid dienone is 1. The van der Waals surface area contributed by atoms with Crippen LogP contribution in [0.25, 0.3) is 5.57 Å². The molecule has 2 amide bonds. The fourth-order valence-corrected chi connectivity index (χ4v) is 4.35. The number of anilines is 2. The summed E-state index contributed by atoms with van der Waals surface area (Å²) in [5, 5.41) is 12.5. The summed E-state index contributed by atoms with van der Waals surface area (Å²) in [5.41, 5.74) is 2.38. The number of phenols is 1. The first-order chi connectivity index (χ1) is 16.3. The van der Waals surface area contributed by atoms with Crippen molar-refractivity contribution in [3.05, 3.63) is 47.8 Å². The van der Waals surface area contributed by atoms with Crippen LogP contribution in [0.3, 0.4) is 0 Å². The van der Waals surface area contributed by atoms with E-state index in [4.69, 9.17) is 11.6 Å². The van der Waals surface area contributed by atoms with Crippen LogP contribution in [0, 0.1) is 5.92 Å². The van der Waals surface area contributed by atoms with Crippen molar-refractivity contribution < 1.29 is 14.7 Å². The molecule has 0 aliphatic carbocycles. The first-order valence-corrected chi connectivity index (χ1v) is 11.7. The normalized spacial score (nSPS) is 18.7. The predicted octanol–water partition coefficient (Wildman–Crippen LogP) is 2.48. The number of hydrogen-bond acceptors (Lipinski definition) is 7. The Morgan fingerprint density at radius 3 is 2.53 bits per heavy atom. The topological polar surface area (TPSA) is 102 Å². The van der Waals surface area contributed by atoms with Crippen molar-refractivity contribution >= 4 is 40.6 Å². The number of likely N-dealkylation sites (tertiary alicyclic amines) is 1. The van der Waals surface area contributed by atoms with Gasteiger partial charge in [0.25, 0.3) is 0 Å². The summed E-state index contributed by atoms with van der Waals surface area (Å²) in [6.45, 7) is 9.94. The van der Waals surface area contributed by atoms with E-state index >= 15 is 0 Å². The van der Waals surface area contributed by atoms with Crippen molar-refractivity contribution in [3.63, 3.8) is 0 Å². The summed E-state index contributed by atoms with van der Waals surface area (Å²) in [6.07, 6.45) is 4.24. The molecule has 2 aliphatic heterocycles. The van der Waals surface area contributed by atoms with Crippen molar-refractivity contribution in [2.45, 2.75) is 13.3 Å². The molecule has 0 radical (unpaired) electrons. The largest absolute Gasteiger partial charge is 0.506 e. The second-order valence-electron chi connectivity index (χ2n) is 8.80. The van der Waals surface area contributed by atoms with Gasteiger partial charge in [0.1, 0.15) is 5.75 Å². The van der Waals surface area contributed by atoms with Crippen LogP contribution < -0.4 is 10.2 Å². The van der Waals surface area contributed by atoms with Crippen LogP contribution in [-0.2, 0) is 9.59 Å². The number of phenolic OH excluding ortho intramolecular Hbond substituents is 1. The molecule has 0 saturated carbocycles. The summed E-state index contributed by atoms with van der Waals surface area (Å²) < 4.78 is 0. The third-order valence-electron chi connectivity index (χ3n) is 6.26. The minimum atomic E-state index is -0.198. The Balaban J connectivity index is 1.22. The molecule has 2 saturated heterocycles. The van der Waals surface area contributed by atoms with Crippen LogP contribution in [-0.4, -0.2) is 82.5 Å². The number of hydrogen-bond donors (Lipinski definition) is 2. The number of carbonyl (C=O) groups excluding carboxylic acids is 2. The fraction of sp³-hybridized carbons (Fsp3) is 0.417. The lowest BCUT2D eigenvalue weighted by atomic mass is 10.1. The predicted molar refractivity (Wildman–Crippen MR) is 132 cm³/mol. The van der Waals surface area contributed by atoms with Crippen molar-refractivity contribution in [3.8, 4) is 5.75 Å². The third-order valence-corrected chi connectivity index (χ3v) is 6.57. The first kappa shape index (κ1) is 24.0.